The molecule has 10 rings (SSSR count). The van der Waals surface area contributed by atoms with Gasteiger partial charge in [0.05, 0.1) is 0 Å². The molecule has 0 bridgehead atoms. The summed E-state index contributed by atoms with van der Waals surface area (Å²) in [6.07, 6.45) is 5.16. The molecule has 0 aliphatic carbocycles. The fraction of sp³-hybridized carbons (Fsp3) is 0.322. The molecule has 0 aromatic heterocycles. The fourth-order valence-electron chi connectivity index (χ4n) is 16.4. The number of hydrogen-bond donors (Lipinski definition) is 0. The van der Waals surface area contributed by atoms with E-state index in [4.69, 9.17) is 0 Å². The van der Waals surface area contributed by atoms with Gasteiger partial charge in [-0.3, -0.25) is 0 Å². The Kier molecular flexibility index (Phi) is 24.7. The quantitative estimate of drug-likeness (QED) is 0.0514. The average Bonchev–Trinajstić information content (AvgIpc) is 1.29. The van der Waals surface area contributed by atoms with Crippen LogP contribution < -0.4 is 58.0 Å². The molecule has 0 fully saturated rings. The summed E-state index contributed by atoms with van der Waals surface area (Å²) in [5, 5.41) is 5.98. The van der Waals surface area contributed by atoms with Crippen LogP contribution in [0.3, 0.4) is 0 Å². The third-order valence-electron chi connectivity index (χ3n) is 20.6. The molecule has 476 valence electrons. The SMILES string of the molecule is Cc1cc(C)c(Cc2cc(Cc3c(C)cc(C)cc3C)cc([Si](c3cc(Cc4c(C)cc(C)cc4C)cc(Cc4c(C)cc(C)cc4C)c3)(c3cc(Cc4c(C)cc(C)cc4C)cc(Cc4c(C)cc(C)cc4C)c3)[c-]3c(C)c(C)c(C)c3C)c2)c(C)c1.[Cl-].[Cl-].[Cl-].[Ti+4]. The number of hydrogen-bond acceptors (Lipinski definition) is 0. The van der Waals surface area contributed by atoms with Crippen molar-refractivity contribution >= 4 is 28.8 Å². The minimum atomic E-state index is -3.51. The van der Waals surface area contributed by atoms with Crippen LogP contribution in [0.1, 0.15) is 189 Å². The van der Waals surface area contributed by atoms with E-state index in [9.17, 15) is 0 Å². The Labute approximate surface area is 590 Å². The maximum Gasteiger partial charge on any atom is 4.00 e. The van der Waals surface area contributed by atoms with Gasteiger partial charge in [0.2, 0.25) is 0 Å². The Hall–Kier alpha value is -5.87. The third kappa shape index (κ3) is 15.4. The largest absolute Gasteiger partial charge is 4.00 e. The van der Waals surface area contributed by atoms with E-state index in [0.29, 0.717) is 0 Å². The van der Waals surface area contributed by atoms with Gasteiger partial charge in [0.1, 0.15) is 8.07 Å². The summed E-state index contributed by atoms with van der Waals surface area (Å²) in [6, 6.07) is 53.0. The Balaban J connectivity index is 0.00000336. The molecule has 0 amide bonds. The van der Waals surface area contributed by atoms with Crippen molar-refractivity contribution < 1.29 is 58.9 Å². The summed E-state index contributed by atoms with van der Waals surface area (Å²) >= 11 is 0. The number of aryl methyl sites for hydroxylation is 18. The van der Waals surface area contributed by atoms with Crippen LogP contribution >= 0.6 is 0 Å². The van der Waals surface area contributed by atoms with E-state index in [1.165, 1.54) is 205 Å². The smallest absolute Gasteiger partial charge is 1.00 e. The van der Waals surface area contributed by atoms with Crippen molar-refractivity contribution in [2.24, 2.45) is 0 Å². The topological polar surface area (TPSA) is 0 Å². The van der Waals surface area contributed by atoms with Gasteiger partial charge in [-0.05, 0) is 297 Å². The predicted molar refractivity (Wildman–Crippen MR) is 385 cm³/mol. The van der Waals surface area contributed by atoms with Crippen molar-refractivity contribution in [3.63, 3.8) is 0 Å². The number of rotatable bonds is 16. The first-order chi connectivity index (χ1) is 41.6. The molecule has 0 aliphatic heterocycles. The maximum atomic E-state index is 2.74. The molecule has 10 aromatic rings. The molecule has 0 saturated carbocycles. The summed E-state index contributed by atoms with van der Waals surface area (Å²) in [7, 11) is -3.51. The second kappa shape index (κ2) is 30.3. The Morgan fingerprint density at radius 2 is 0.359 bits per heavy atom. The van der Waals surface area contributed by atoms with Crippen molar-refractivity contribution in [1.29, 1.82) is 0 Å². The van der Waals surface area contributed by atoms with Crippen molar-refractivity contribution in [1.82, 2.24) is 0 Å². The molecule has 0 heterocycles. The molecule has 0 N–H and O–H groups in total. The van der Waals surface area contributed by atoms with Gasteiger partial charge in [0.25, 0.3) is 0 Å². The van der Waals surface area contributed by atoms with E-state index in [2.05, 4.69) is 280 Å². The van der Waals surface area contributed by atoms with Gasteiger partial charge in [0, 0.05) is 0 Å². The summed E-state index contributed by atoms with van der Waals surface area (Å²) in [5.74, 6) is 0. The van der Waals surface area contributed by atoms with Crippen LogP contribution in [0, 0.1) is 152 Å². The molecule has 0 spiro atoms. The average molecular weight is 1330 g/mol. The van der Waals surface area contributed by atoms with Crippen molar-refractivity contribution in [2.75, 3.05) is 0 Å². The molecule has 0 saturated heterocycles. The second-order valence-electron chi connectivity index (χ2n) is 28.1. The molecular formula is C87H99Cl3SiTi. The van der Waals surface area contributed by atoms with Crippen LogP contribution in [0.2, 0.25) is 0 Å². The second-order valence-corrected chi connectivity index (χ2v) is 31.8. The molecule has 0 radical (unpaired) electrons. The van der Waals surface area contributed by atoms with Crippen LogP contribution in [0.4, 0.5) is 0 Å². The molecule has 0 atom stereocenters. The zero-order valence-corrected chi connectivity index (χ0v) is 64.3. The van der Waals surface area contributed by atoms with E-state index in [0.717, 1.165) is 38.5 Å². The van der Waals surface area contributed by atoms with Crippen LogP contribution in [-0.2, 0) is 60.2 Å². The molecule has 92 heavy (non-hydrogen) atoms. The van der Waals surface area contributed by atoms with Crippen molar-refractivity contribution in [2.45, 2.75) is 191 Å². The normalized spacial score (nSPS) is 11.3. The van der Waals surface area contributed by atoms with Crippen LogP contribution in [0.25, 0.3) is 0 Å². The standard InChI is InChI=1S/C87H99Si.3ClH.Ti/c1-50-23-56(7)81(57(8)24-50)44-72-35-73(45-82-58(9)25-51(2)26-59(82)10)39-78(38-72)88(87-70(21)68(19)69(20)71(87)22,79-40-74(46-83-60(11)27-52(3)28-61(83)12)36-75(41-79)47-84-62(13)29-53(4)30-63(84)14)80-42-76(48-85-64(15)31-54(5)32-65(85)16)37-77(43-80)49-86-66(17)33-55(6)34-67(86)18;;;;/h23-43H,44-49H2,1-22H3;3*1H;/q-1;;;;+4/p-3. The van der Waals surface area contributed by atoms with Crippen LogP contribution in [-0.4, -0.2) is 8.07 Å². The molecule has 10 aromatic carbocycles. The van der Waals surface area contributed by atoms with Gasteiger partial charge in [-0.15, -0.1) is 5.19 Å². The molecule has 0 unspecified atom stereocenters. The molecular weight excluding hydrogens is 1230 g/mol. The van der Waals surface area contributed by atoms with E-state index < -0.39 is 8.07 Å². The monoisotopic (exact) mass is 1320 g/mol. The van der Waals surface area contributed by atoms with Gasteiger partial charge in [-0.25, -0.2) is 0 Å². The van der Waals surface area contributed by atoms with Gasteiger partial charge in [0.15, 0.2) is 0 Å². The van der Waals surface area contributed by atoms with Crippen molar-refractivity contribution in [3.8, 4) is 0 Å². The van der Waals surface area contributed by atoms with Gasteiger partial charge < -0.3 is 37.2 Å². The minimum Gasteiger partial charge on any atom is -1.00 e. The summed E-state index contributed by atoms with van der Waals surface area (Å²) < 4.78 is 0. The van der Waals surface area contributed by atoms with Gasteiger partial charge in [-0.2, -0.15) is 22.3 Å². The Morgan fingerprint density at radius 3 is 0.500 bits per heavy atom. The number of halogens is 3. The molecule has 0 nitrogen and oxygen atoms in total. The first-order valence-electron chi connectivity index (χ1n) is 32.6. The fourth-order valence-corrected chi connectivity index (χ4v) is 22.2. The predicted octanol–water partition coefficient (Wildman–Crippen LogP) is 10.1. The zero-order chi connectivity index (χ0) is 63.5. The third-order valence-corrected chi connectivity index (χ3v) is 25.6. The number of benzene rings is 9. The van der Waals surface area contributed by atoms with Crippen LogP contribution in [0.15, 0.2) is 127 Å². The Morgan fingerprint density at radius 1 is 0.217 bits per heavy atom. The van der Waals surface area contributed by atoms with E-state index in [-0.39, 0.29) is 58.9 Å². The van der Waals surface area contributed by atoms with E-state index >= 15 is 0 Å². The van der Waals surface area contributed by atoms with Crippen LogP contribution in [0.5, 0.6) is 0 Å². The summed E-state index contributed by atoms with van der Waals surface area (Å²) in [6.45, 7) is 51.3. The maximum absolute atomic E-state index is 3.51. The minimum absolute atomic E-state index is 0. The molecule has 0 aliphatic rings. The van der Waals surface area contributed by atoms with Gasteiger partial charge in [-0.1, -0.05) is 204 Å². The van der Waals surface area contributed by atoms with Gasteiger partial charge >= 0.3 is 21.7 Å². The van der Waals surface area contributed by atoms with Crippen molar-refractivity contribution in [3.05, 3.63) is 317 Å². The first kappa shape index (κ1) is 75.2. The summed E-state index contributed by atoms with van der Waals surface area (Å²) in [5.41, 5.74) is 47.0. The first-order valence-corrected chi connectivity index (χ1v) is 34.6. The van der Waals surface area contributed by atoms with E-state index in [1.807, 2.05) is 0 Å². The Bertz CT molecular complexity index is 3610. The van der Waals surface area contributed by atoms with E-state index in [1.54, 1.807) is 5.19 Å². The zero-order valence-electron chi connectivity index (χ0n) is 59.5. The summed E-state index contributed by atoms with van der Waals surface area (Å²) in [4.78, 5) is 0. The molecule has 5 heteroatoms.